The van der Waals surface area contributed by atoms with Crippen LogP contribution in [0.4, 0.5) is 5.69 Å². The van der Waals surface area contributed by atoms with Crippen LogP contribution in [0.25, 0.3) is 0 Å². The molecule has 0 aliphatic heterocycles. The minimum atomic E-state index is -0.306. The van der Waals surface area contributed by atoms with E-state index in [-0.39, 0.29) is 18.4 Å². The van der Waals surface area contributed by atoms with Crippen LogP contribution < -0.4 is 10.1 Å². The highest BCUT2D eigenvalue weighted by molar-refractivity contribution is 5.97. The first-order chi connectivity index (χ1) is 11.0. The fraction of sp³-hybridized carbons (Fsp3) is 0.235. The summed E-state index contributed by atoms with van der Waals surface area (Å²) in [6.45, 7) is 1.75. The van der Waals surface area contributed by atoms with Gasteiger partial charge in [0.15, 0.2) is 6.61 Å². The summed E-state index contributed by atoms with van der Waals surface area (Å²) < 4.78 is 5.36. The summed E-state index contributed by atoms with van der Waals surface area (Å²) >= 11 is 0. The third kappa shape index (κ3) is 4.81. The van der Waals surface area contributed by atoms with Crippen molar-refractivity contribution in [1.82, 2.24) is 9.88 Å². The Morgan fingerprint density at radius 3 is 2.65 bits per heavy atom. The van der Waals surface area contributed by atoms with E-state index in [0.717, 1.165) is 5.69 Å². The van der Waals surface area contributed by atoms with E-state index in [9.17, 15) is 9.59 Å². The van der Waals surface area contributed by atoms with Crippen LogP contribution in [0.3, 0.4) is 0 Å². The van der Waals surface area contributed by atoms with E-state index in [1.165, 1.54) is 4.90 Å². The third-order valence-electron chi connectivity index (χ3n) is 3.05. The van der Waals surface area contributed by atoms with Crippen molar-refractivity contribution in [3.05, 3.63) is 53.9 Å². The lowest BCUT2D eigenvalue weighted by molar-refractivity contribution is -0.118. The van der Waals surface area contributed by atoms with Gasteiger partial charge in [0.2, 0.25) is 0 Å². The van der Waals surface area contributed by atoms with E-state index >= 15 is 0 Å². The van der Waals surface area contributed by atoms with Crippen LogP contribution in [0, 0.1) is 6.92 Å². The van der Waals surface area contributed by atoms with E-state index in [1.54, 1.807) is 50.6 Å². The van der Waals surface area contributed by atoms with Gasteiger partial charge in [0.25, 0.3) is 11.8 Å². The van der Waals surface area contributed by atoms with Gasteiger partial charge in [-0.25, -0.2) is 0 Å². The molecule has 0 atom stereocenters. The molecule has 6 nitrogen and oxygen atoms in total. The molecule has 1 heterocycles. The highest BCUT2D eigenvalue weighted by Crippen LogP contribution is 2.13. The summed E-state index contributed by atoms with van der Waals surface area (Å²) in [5.74, 6) is 0.102. The van der Waals surface area contributed by atoms with Gasteiger partial charge in [-0.3, -0.25) is 14.6 Å². The number of anilines is 1. The standard InChI is InChI=1S/C17H19N3O3/c1-12-7-8-15(10-18-12)23-11-16(21)19-14-6-4-5-13(9-14)17(22)20(2)3/h4-10H,11H2,1-3H3,(H,19,21). The molecular formula is C17H19N3O3. The molecule has 2 rings (SSSR count). The predicted molar refractivity (Wildman–Crippen MR) is 87.6 cm³/mol. The molecule has 0 radical (unpaired) electrons. The topological polar surface area (TPSA) is 71.5 Å². The Hall–Kier alpha value is -2.89. The molecule has 0 saturated carbocycles. The van der Waals surface area contributed by atoms with Crippen LogP contribution in [0.15, 0.2) is 42.6 Å². The normalized spacial score (nSPS) is 10.0. The summed E-state index contributed by atoms with van der Waals surface area (Å²) in [6.07, 6.45) is 1.57. The Labute approximate surface area is 135 Å². The Morgan fingerprint density at radius 2 is 2.00 bits per heavy atom. The Bertz CT molecular complexity index is 696. The van der Waals surface area contributed by atoms with Crippen LogP contribution in [-0.2, 0) is 4.79 Å². The van der Waals surface area contributed by atoms with E-state index < -0.39 is 0 Å². The third-order valence-corrected chi connectivity index (χ3v) is 3.05. The molecule has 1 aromatic heterocycles. The molecular weight excluding hydrogens is 294 g/mol. The van der Waals surface area contributed by atoms with Gasteiger partial charge in [-0.2, -0.15) is 0 Å². The second kappa shape index (κ2) is 7.40. The van der Waals surface area contributed by atoms with Crippen LogP contribution >= 0.6 is 0 Å². The zero-order valence-corrected chi connectivity index (χ0v) is 13.4. The van der Waals surface area contributed by atoms with Crippen LogP contribution in [0.2, 0.25) is 0 Å². The number of amides is 2. The molecule has 120 valence electrons. The molecule has 23 heavy (non-hydrogen) atoms. The van der Waals surface area contributed by atoms with Crippen molar-refractivity contribution in [3.63, 3.8) is 0 Å². The second-order valence-electron chi connectivity index (χ2n) is 5.25. The summed E-state index contributed by atoms with van der Waals surface area (Å²) in [4.78, 5) is 29.4. The summed E-state index contributed by atoms with van der Waals surface area (Å²) in [5, 5.41) is 2.70. The van der Waals surface area contributed by atoms with Crippen LogP contribution in [-0.4, -0.2) is 42.4 Å². The maximum atomic E-state index is 11.9. The number of aromatic nitrogens is 1. The van der Waals surface area contributed by atoms with Gasteiger partial charge in [0.1, 0.15) is 5.75 Å². The zero-order chi connectivity index (χ0) is 16.8. The van der Waals surface area contributed by atoms with E-state index in [2.05, 4.69) is 10.3 Å². The number of benzene rings is 1. The van der Waals surface area contributed by atoms with Gasteiger partial charge in [-0.15, -0.1) is 0 Å². The van der Waals surface area contributed by atoms with Gasteiger partial charge >= 0.3 is 0 Å². The van der Waals surface area contributed by atoms with E-state index in [0.29, 0.717) is 17.0 Å². The van der Waals surface area contributed by atoms with Crippen molar-refractivity contribution >= 4 is 17.5 Å². The van der Waals surface area contributed by atoms with Crippen molar-refractivity contribution in [1.29, 1.82) is 0 Å². The number of hydrogen-bond donors (Lipinski definition) is 1. The Kier molecular flexibility index (Phi) is 5.30. The minimum Gasteiger partial charge on any atom is -0.482 e. The molecule has 0 aliphatic carbocycles. The zero-order valence-electron chi connectivity index (χ0n) is 13.4. The average Bonchev–Trinajstić information content (AvgIpc) is 2.53. The molecule has 6 heteroatoms. The Balaban J connectivity index is 1.93. The number of hydrogen-bond acceptors (Lipinski definition) is 4. The number of rotatable bonds is 5. The van der Waals surface area contributed by atoms with Gasteiger partial charge in [0, 0.05) is 31.0 Å². The number of nitrogens with one attached hydrogen (secondary N) is 1. The summed E-state index contributed by atoms with van der Waals surface area (Å²) in [6, 6.07) is 10.3. The SMILES string of the molecule is Cc1ccc(OCC(=O)Nc2cccc(C(=O)N(C)C)c2)cn1. The second-order valence-corrected chi connectivity index (χ2v) is 5.25. The number of nitrogens with zero attached hydrogens (tertiary/aromatic N) is 2. The van der Waals surface area contributed by atoms with Gasteiger partial charge in [-0.05, 0) is 37.3 Å². The number of carbonyl (C=O) groups excluding carboxylic acids is 2. The largest absolute Gasteiger partial charge is 0.482 e. The quantitative estimate of drug-likeness (QED) is 0.917. The molecule has 0 fully saturated rings. The highest BCUT2D eigenvalue weighted by atomic mass is 16.5. The summed E-state index contributed by atoms with van der Waals surface area (Å²) in [7, 11) is 3.36. The number of carbonyl (C=O) groups is 2. The van der Waals surface area contributed by atoms with Crippen molar-refractivity contribution in [3.8, 4) is 5.75 Å². The maximum Gasteiger partial charge on any atom is 0.262 e. The first kappa shape index (κ1) is 16.5. The number of pyridine rings is 1. The fourth-order valence-corrected chi connectivity index (χ4v) is 1.87. The maximum absolute atomic E-state index is 11.9. The molecule has 2 aromatic rings. The first-order valence-electron chi connectivity index (χ1n) is 7.13. The van der Waals surface area contributed by atoms with E-state index in [4.69, 9.17) is 4.74 Å². The molecule has 0 bridgehead atoms. The van der Waals surface area contributed by atoms with Crippen molar-refractivity contribution in [2.24, 2.45) is 0 Å². The lowest BCUT2D eigenvalue weighted by Crippen LogP contribution is -2.23. The predicted octanol–water partition coefficient (Wildman–Crippen LogP) is 2.11. The van der Waals surface area contributed by atoms with Crippen LogP contribution in [0.1, 0.15) is 16.1 Å². The molecule has 1 aromatic carbocycles. The molecule has 0 saturated heterocycles. The van der Waals surface area contributed by atoms with E-state index in [1.807, 2.05) is 13.0 Å². The van der Waals surface area contributed by atoms with Gasteiger partial charge < -0.3 is 15.0 Å². The monoisotopic (exact) mass is 313 g/mol. The lowest BCUT2D eigenvalue weighted by atomic mass is 10.2. The Morgan fingerprint density at radius 1 is 1.22 bits per heavy atom. The molecule has 0 spiro atoms. The van der Waals surface area contributed by atoms with Crippen molar-refractivity contribution < 1.29 is 14.3 Å². The first-order valence-corrected chi connectivity index (χ1v) is 7.13. The van der Waals surface area contributed by atoms with Gasteiger partial charge in [0.05, 0.1) is 6.20 Å². The fourth-order valence-electron chi connectivity index (χ4n) is 1.87. The van der Waals surface area contributed by atoms with Crippen molar-refractivity contribution in [2.75, 3.05) is 26.0 Å². The minimum absolute atomic E-state index is 0.122. The summed E-state index contributed by atoms with van der Waals surface area (Å²) in [5.41, 5.74) is 1.94. The molecule has 1 N–H and O–H groups in total. The molecule has 0 aliphatic rings. The lowest BCUT2D eigenvalue weighted by Gasteiger charge is -2.12. The number of aryl methyl sites for hydroxylation is 1. The average molecular weight is 313 g/mol. The molecule has 0 unspecified atom stereocenters. The van der Waals surface area contributed by atoms with Crippen LogP contribution in [0.5, 0.6) is 5.75 Å². The van der Waals surface area contributed by atoms with Gasteiger partial charge in [-0.1, -0.05) is 6.07 Å². The molecule has 2 amide bonds. The number of ether oxygens (including phenoxy) is 1. The van der Waals surface area contributed by atoms with Crippen molar-refractivity contribution in [2.45, 2.75) is 6.92 Å². The smallest absolute Gasteiger partial charge is 0.262 e. The highest BCUT2D eigenvalue weighted by Gasteiger charge is 2.10.